The first-order chi connectivity index (χ1) is 9.08. The Morgan fingerprint density at radius 3 is 2.37 bits per heavy atom. The molecule has 0 aromatic heterocycles. The zero-order valence-corrected chi connectivity index (χ0v) is 10.4. The second-order valence-electron chi connectivity index (χ2n) is 4.23. The van der Waals surface area contributed by atoms with Crippen LogP contribution in [0, 0.1) is 5.82 Å². The number of hydrogen-bond acceptors (Lipinski definition) is 2. The molecule has 1 amide bonds. The lowest BCUT2D eigenvalue weighted by atomic mass is 10.1. The number of benzene rings is 2. The summed E-state index contributed by atoms with van der Waals surface area (Å²) in [5, 5.41) is 12.0. The normalized spacial score (nSPS) is 11.9. The molecule has 2 rings (SSSR count). The maximum absolute atomic E-state index is 13.4. The highest BCUT2D eigenvalue weighted by Crippen LogP contribution is 2.16. The molecule has 0 fully saturated rings. The van der Waals surface area contributed by atoms with E-state index < -0.39 is 17.8 Å². The van der Waals surface area contributed by atoms with E-state index in [2.05, 4.69) is 5.32 Å². The van der Waals surface area contributed by atoms with Crippen LogP contribution in [-0.4, -0.2) is 11.0 Å². The minimum Gasteiger partial charge on any atom is -0.389 e. The highest BCUT2D eigenvalue weighted by Gasteiger charge is 2.10. The Morgan fingerprint density at radius 2 is 1.79 bits per heavy atom. The van der Waals surface area contributed by atoms with Crippen LogP contribution in [0.4, 0.5) is 10.1 Å². The lowest BCUT2D eigenvalue weighted by Gasteiger charge is -2.08. The fourth-order valence-electron chi connectivity index (χ4n) is 1.69. The molecule has 0 spiro atoms. The second-order valence-corrected chi connectivity index (χ2v) is 4.23. The summed E-state index contributed by atoms with van der Waals surface area (Å²) in [7, 11) is 0. The number of amides is 1. The van der Waals surface area contributed by atoms with Gasteiger partial charge in [-0.15, -0.1) is 0 Å². The van der Waals surface area contributed by atoms with E-state index in [1.807, 2.05) is 0 Å². The van der Waals surface area contributed by atoms with E-state index in [-0.39, 0.29) is 5.56 Å². The van der Waals surface area contributed by atoms with Gasteiger partial charge in [0, 0.05) is 5.69 Å². The first-order valence-corrected chi connectivity index (χ1v) is 5.92. The van der Waals surface area contributed by atoms with Gasteiger partial charge >= 0.3 is 0 Å². The topological polar surface area (TPSA) is 49.3 Å². The van der Waals surface area contributed by atoms with Gasteiger partial charge in [-0.1, -0.05) is 24.3 Å². The van der Waals surface area contributed by atoms with Gasteiger partial charge in [0.1, 0.15) is 5.82 Å². The van der Waals surface area contributed by atoms with Crippen molar-refractivity contribution < 1.29 is 14.3 Å². The van der Waals surface area contributed by atoms with Crippen molar-refractivity contribution in [2.24, 2.45) is 0 Å². The molecule has 0 aliphatic heterocycles. The molecule has 0 saturated carbocycles. The van der Waals surface area contributed by atoms with Crippen molar-refractivity contribution in [1.82, 2.24) is 0 Å². The smallest absolute Gasteiger partial charge is 0.258 e. The highest BCUT2D eigenvalue weighted by atomic mass is 19.1. The van der Waals surface area contributed by atoms with E-state index in [4.69, 9.17) is 0 Å². The fraction of sp³-hybridized carbons (Fsp3) is 0.133. The van der Waals surface area contributed by atoms with Gasteiger partial charge in [-0.25, -0.2) is 4.39 Å². The second kappa shape index (κ2) is 5.63. The zero-order valence-electron chi connectivity index (χ0n) is 10.4. The SMILES string of the molecule is C[C@H](O)c1ccc(NC(=O)c2ccccc2F)cc1. The van der Waals surface area contributed by atoms with Crippen molar-refractivity contribution in [1.29, 1.82) is 0 Å². The van der Waals surface area contributed by atoms with Crippen molar-refractivity contribution in [2.75, 3.05) is 5.32 Å². The van der Waals surface area contributed by atoms with E-state index in [0.29, 0.717) is 5.69 Å². The van der Waals surface area contributed by atoms with E-state index in [1.165, 1.54) is 18.2 Å². The monoisotopic (exact) mass is 259 g/mol. The molecule has 4 heteroatoms. The Balaban J connectivity index is 2.13. The Bertz CT molecular complexity index is 579. The first-order valence-electron chi connectivity index (χ1n) is 5.92. The number of aliphatic hydroxyl groups is 1. The van der Waals surface area contributed by atoms with Crippen LogP contribution in [0.1, 0.15) is 28.9 Å². The van der Waals surface area contributed by atoms with E-state index in [1.54, 1.807) is 37.3 Å². The van der Waals surface area contributed by atoms with Crippen LogP contribution in [0.5, 0.6) is 0 Å². The number of aliphatic hydroxyl groups excluding tert-OH is 1. The van der Waals surface area contributed by atoms with Gasteiger partial charge in [0.15, 0.2) is 0 Å². The number of carbonyl (C=O) groups excluding carboxylic acids is 1. The van der Waals surface area contributed by atoms with Crippen molar-refractivity contribution >= 4 is 11.6 Å². The summed E-state index contributed by atoms with van der Waals surface area (Å²) in [6, 6.07) is 12.6. The van der Waals surface area contributed by atoms with Gasteiger partial charge in [-0.2, -0.15) is 0 Å². The van der Waals surface area contributed by atoms with E-state index in [0.717, 1.165) is 5.56 Å². The number of carbonyl (C=O) groups is 1. The van der Waals surface area contributed by atoms with E-state index in [9.17, 15) is 14.3 Å². The van der Waals surface area contributed by atoms with Gasteiger partial charge in [-0.3, -0.25) is 4.79 Å². The molecule has 0 aliphatic carbocycles. The average Bonchev–Trinajstić information content (AvgIpc) is 2.39. The highest BCUT2D eigenvalue weighted by molar-refractivity contribution is 6.04. The molecule has 0 bridgehead atoms. The predicted molar refractivity (Wildman–Crippen MR) is 71.4 cm³/mol. The molecule has 2 N–H and O–H groups in total. The maximum atomic E-state index is 13.4. The van der Waals surface area contributed by atoms with Crippen molar-refractivity contribution in [3.63, 3.8) is 0 Å². The standard InChI is InChI=1S/C15H14FNO2/c1-10(18)11-6-8-12(9-7-11)17-15(19)13-4-2-3-5-14(13)16/h2-10,18H,1H3,(H,17,19)/t10-/m0/s1. The molecule has 0 radical (unpaired) electrons. The zero-order chi connectivity index (χ0) is 13.8. The van der Waals surface area contributed by atoms with Gasteiger partial charge < -0.3 is 10.4 Å². The third-order valence-corrected chi connectivity index (χ3v) is 2.77. The molecule has 0 saturated heterocycles. The number of hydrogen-bond donors (Lipinski definition) is 2. The molecule has 98 valence electrons. The molecule has 19 heavy (non-hydrogen) atoms. The molecule has 3 nitrogen and oxygen atoms in total. The summed E-state index contributed by atoms with van der Waals surface area (Å²) in [4.78, 5) is 11.9. The lowest BCUT2D eigenvalue weighted by Crippen LogP contribution is -2.13. The largest absolute Gasteiger partial charge is 0.389 e. The van der Waals surface area contributed by atoms with Crippen molar-refractivity contribution in [2.45, 2.75) is 13.0 Å². The van der Waals surface area contributed by atoms with Crippen molar-refractivity contribution in [3.8, 4) is 0 Å². The lowest BCUT2D eigenvalue weighted by molar-refractivity contribution is 0.102. The Labute approximate surface area is 110 Å². The number of rotatable bonds is 3. The van der Waals surface area contributed by atoms with Gasteiger partial charge in [0.05, 0.1) is 11.7 Å². The third kappa shape index (κ3) is 3.17. The minimum absolute atomic E-state index is 0.00195. The molecule has 2 aromatic rings. The average molecular weight is 259 g/mol. The summed E-state index contributed by atoms with van der Waals surface area (Å²) in [6.45, 7) is 1.66. The van der Waals surface area contributed by atoms with Crippen LogP contribution in [0.2, 0.25) is 0 Å². The fourth-order valence-corrected chi connectivity index (χ4v) is 1.69. The number of halogens is 1. The van der Waals surface area contributed by atoms with Crippen LogP contribution in [0.3, 0.4) is 0 Å². The van der Waals surface area contributed by atoms with Gasteiger partial charge in [-0.05, 0) is 36.8 Å². The third-order valence-electron chi connectivity index (χ3n) is 2.77. The maximum Gasteiger partial charge on any atom is 0.258 e. The van der Waals surface area contributed by atoms with Crippen LogP contribution in [0.15, 0.2) is 48.5 Å². The molecular formula is C15H14FNO2. The van der Waals surface area contributed by atoms with Crippen LogP contribution in [0.25, 0.3) is 0 Å². The minimum atomic E-state index is -0.559. The quantitative estimate of drug-likeness (QED) is 0.889. The first kappa shape index (κ1) is 13.2. The van der Waals surface area contributed by atoms with Crippen molar-refractivity contribution in [3.05, 3.63) is 65.5 Å². The molecular weight excluding hydrogens is 245 g/mol. The summed E-state index contributed by atoms with van der Waals surface area (Å²) in [5.74, 6) is -1.05. The Hall–Kier alpha value is -2.20. The summed E-state index contributed by atoms with van der Waals surface area (Å²) in [5.41, 5.74) is 1.31. The Kier molecular flexibility index (Phi) is 3.92. The van der Waals surface area contributed by atoms with Gasteiger partial charge in [0.2, 0.25) is 0 Å². The molecule has 2 aromatic carbocycles. The van der Waals surface area contributed by atoms with E-state index >= 15 is 0 Å². The number of nitrogens with one attached hydrogen (secondary N) is 1. The molecule has 1 atom stereocenters. The summed E-state index contributed by atoms with van der Waals surface area (Å²) < 4.78 is 13.4. The molecule has 0 unspecified atom stereocenters. The Morgan fingerprint density at radius 1 is 1.16 bits per heavy atom. The number of anilines is 1. The summed E-state index contributed by atoms with van der Waals surface area (Å²) in [6.07, 6.45) is -0.559. The van der Waals surface area contributed by atoms with Crippen LogP contribution in [-0.2, 0) is 0 Å². The molecule has 0 heterocycles. The summed E-state index contributed by atoms with van der Waals surface area (Å²) >= 11 is 0. The predicted octanol–water partition coefficient (Wildman–Crippen LogP) is 3.13. The van der Waals surface area contributed by atoms with Crippen LogP contribution >= 0.6 is 0 Å². The van der Waals surface area contributed by atoms with Crippen LogP contribution < -0.4 is 5.32 Å². The van der Waals surface area contributed by atoms with Gasteiger partial charge in [0.25, 0.3) is 5.91 Å². The molecule has 0 aliphatic rings.